The van der Waals surface area contributed by atoms with Crippen molar-refractivity contribution in [1.29, 1.82) is 0 Å². The average molecular weight is 530 g/mol. The van der Waals surface area contributed by atoms with Crippen molar-refractivity contribution < 1.29 is 37.9 Å². The SMILES string of the molecule is c1ccc2c(c1)c1ccccc1n2CC(COCCOCCOCCOCCOCC1CO1)OCC1CO1. The number of hydrogen-bond donors (Lipinski definition) is 0. The number of rotatable bonds is 21. The van der Waals surface area contributed by atoms with Gasteiger partial charge in [-0.05, 0) is 12.1 Å². The molecule has 2 saturated heterocycles. The van der Waals surface area contributed by atoms with Crippen LogP contribution >= 0.6 is 0 Å². The van der Waals surface area contributed by atoms with E-state index in [1.165, 1.54) is 21.8 Å². The van der Waals surface area contributed by atoms with Crippen LogP contribution in [0.2, 0.25) is 0 Å². The molecule has 208 valence electrons. The maximum Gasteiger partial charge on any atom is 0.104 e. The summed E-state index contributed by atoms with van der Waals surface area (Å²) < 4.78 is 47.0. The van der Waals surface area contributed by atoms with Crippen LogP contribution in [0.3, 0.4) is 0 Å². The summed E-state index contributed by atoms with van der Waals surface area (Å²) in [6.07, 6.45) is 0.418. The Hall–Kier alpha value is -2.08. The summed E-state index contributed by atoms with van der Waals surface area (Å²) in [7, 11) is 0. The number of fused-ring (bicyclic) bond motifs is 3. The molecular weight excluding hydrogens is 490 g/mol. The topological polar surface area (TPSA) is 85.4 Å². The summed E-state index contributed by atoms with van der Waals surface area (Å²) in [5.41, 5.74) is 2.41. The summed E-state index contributed by atoms with van der Waals surface area (Å²) >= 11 is 0. The molecule has 2 aliphatic heterocycles. The van der Waals surface area contributed by atoms with E-state index in [-0.39, 0.29) is 12.2 Å². The number of ether oxygens (including phenoxy) is 8. The summed E-state index contributed by atoms with van der Waals surface area (Å²) in [4.78, 5) is 0. The minimum atomic E-state index is -0.0887. The minimum Gasteiger partial charge on any atom is -0.377 e. The predicted octanol–water partition coefficient (Wildman–Crippen LogP) is 3.06. The highest BCUT2D eigenvalue weighted by Gasteiger charge is 2.25. The Balaban J connectivity index is 0.964. The standard InChI is InChI=1S/C29H39NO8/c1-3-7-28-26(5-1)27-6-2-4-8-29(27)30(28)17-23(36-21-25-22-38-25)18-34-15-13-32-11-9-31-10-12-33-14-16-35-19-24-20-37-24/h1-8,23-25H,9-22H2. The fourth-order valence-electron chi connectivity index (χ4n) is 4.34. The number of para-hydroxylation sites is 2. The predicted molar refractivity (Wildman–Crippen MR) is 143 cm³/mol. The third-order valence-corrected chi connectivity index (χ3v) is 6.48. The first kappa shape index (κ1) is 27.5. The molecule has 2 fully saturated rings. The highest BCUT2D eigenvalue weighted by Crippen LogP contribution is 2.29. The van der Waals surface area contributed by atoms with Gasteiger partial charge in [-0.25, -0.2) is 0 Å². The number of hydrogen-bond acceptors (Lipinski definition) is 8. The zero-order valence-corrected chi connectivity index (χ0v) is 22.0. The van der Waals surface area contributed by atoms with Gasteiger partial charge in [-0.3, -0.25) is 0 Å². The fraction of sp³-hybridized carbons (Fsp3) is 0.586. The average Bonchev–Trinajstić information content (AvgIpc) is 3.89. The van der Waals surface area contributed by atoms with Gasteiger partial charge in [-0.15, -0.1) is 0 Å². The van der Waals surface area contributed by atoms with Gasteiger partial charge in [0.15, 0.2) is 0 Å². The molecule has 0 radical (unpaired) electrons. The van der Waals surface area contributed by atoms with Crippen molar-refractivity contribution in [3.05, 3.63) is 48.5 Å². The Labute approximate surface area is 223 Å². The molecule has 5 rings (SSSR count). The maximum atomic E-state index is 6.21. The van der Waals surface area contributed by atoms with Crippen molar-refractivity contribution >= 4 is 21.8 Å². The number of epoxide rings is 2. The second-order valence-electron chi connectivity index (χ2n) is 9.50. The van der Waals surface area contributed by atoms with Crippen LogP contribution in [0.5, 0.6) is 0 Å². The smallest absolute Gasteiger partial charge is 0.104 e. The van der Waals surface area contributed by atoms with Crippen molar-refractivity contribution in [2.45, 2.75) is 24.9 Å². The van der Waals surface area contributed by atoms with Gasteiger partial charge < -0.3 is 42.5 Å². The third kappa shape index (κ3) is 8.72. The lowest BCUT2D eigenvalue weighted by Crippen LogP contribution is -2.28. The molecule has 0 spiro atoms. The Morgan fingerprint density at radius 2 is 1.11 bits per heavy atom. The molecule has 0 N–H and O–H groups in total. The first-order valence-electron chi connectivity index (χ1n) is 13.6. The van der Waals surface area contributed by atoms with Crippen LogP contribution in [0.1, 0.15) is 0 Å². The number of benzene rings is 2. The van der Waals surface area contributed by atoms with Gasteiger partial charge in [0.25, 0.3) is 0 Å². The quantitative estimate of drug-likeness (QED) is 0.154. The van der Waals surface area contributed by atoms with Crippen LogP contribution < -0.4 is 0 Å². The highest BCUT2D eigenvalue weighted by molar-refractivity contribution is 6.07. The van der Waals surface area contributed by atoms with Gasteiger partial charge in [0.05, 0.1) is 98.5 Å². The van der Waals surface area contributed by atoms with Crippen molar-refractivity contribution in [3.8, 4) is 0 Å². The molecule has 1 aromatic heterocycles. The maximum absolute atomic E-state index is 6.21. The Bertz CT molecular complexity index is 1040. The van der Waals surface area contributed by atoms with Gasteiger partial charge in [0, 0.05) is 21.8 Å². The molecule has 2 aromatic carbocycles. The van der Waals surface area contributed by atoms with E-state index in [9.17, 15) is 0 Å². The molecule has 9 heteroatoms. The summed E-state index contributed by atoms with van der Waals surface area (Å²) in [6.45, 7) is 8.33. The lowest BCUT2D eigenvalue weighted by molar-refractivity contribution is -0.0461. The fourth-order valence-corrected chi connectivity index (χ4v) is 4.34. The van der Waals surface area contributed by atoms with E-state index in [0.717, 1.165) is 13.2 Å². The van der Waals surface area contributed by atoms with E-state index in [0.29, 0.717) is 85.3 Å². The van der Waals surface area contributed by atoms with Crippen molar-refractivity contribution in [2.24, 2.45) is 0 Å². The second-order valence-corrected chi connectivity index (χ2v) is 9.50. The van der Waals surface area contributed by atoms with E-state index in [2.05, 4.69) is 53.1 Å². The lowest BCUT2D eigenvalue weighted by Gasteiger charge is -2.20. The Kier molecular flexibility index (Phi) is 10.8. The normalized spacial score (nSPS) is 19.4. The van der Waals surface area contributed by atoms with Crippen molar-refractivity contribution in [2.75, 3.05) is 85.9 Å². The van der Waals surface area contributed by atoms with Gasteiger partial charge in [0.1, 0.15) is 12.2 Å². The molecule has 9 nitrogen and oxygen atoms in total. The molecular formula is C29H39NO8. The van der Waals surface area contributed by atoms with E-state index in [1.807, 2.05) is 0 Å². The van der Waals surface area contributed by atoms with Crippen LogP contribution in [0.25, 0.3) is 21.8 Å². The van der Waals surface area contributed by atoms with E-state index < -0.39 is 0 Å². The summed E-state index contributed by atoms with van der Waals surface area (Å²) in [6, 6.07) is 17.0. The van der Waals surface area contributed by atoms with Crippen LogP contribution in [0, 0.1) is 0 Å². The zero-order chi connectivity index (χ0) is 25.8. The zero-order valence-electron chi connectivity index (χ0n) is 22.0. The first-order valence-corrected chi connectivity index (χ1v) is 13.6. The molecule has 0 bridgehead atoms. The van der Waals surface area contributed by atoms with Gasteiger partial charge >= 0.3 is 0 Å². The Morgan fingerprint density at radius 1 is 0.632 bits per heavy atom. The molecule has 0 saturated carbocycles. The highest BCUT2D eigenvalue weighted by atomic mass is 16.6. The largest absolute Gasteiger partial charge is 0.377 e. The minimum absolute atomic E-state index is 0.0887. The van der Waals surface area contributed by atoms with E-state index in [4.69, 9.17) is 37.9 Å². The Morgan fingerprint density at radius 3 is 1.66 bits per heavy atom. The van der Waals surface area contributed by atoms with Crippen LogP contribution in [-0.4, -0.2) is 109 Å². The van der Waals surface area contributed by atoms with Crippen molar-refractivity contribution in [1.82, 2.24) is 4.57 Å². The van der Waals surface area contributed by atoms with Crippen LogP contribution in [-0.2, 0) is 44.4 Å². The monoisotopic (exact) mass is 529 g/mol. The molecule has 0 amide bonds. The lowest BCUT2D eigenvalue weighted by atomic mass is 10.2. The molecule has 3 atom stereocenters. The molecule has 38 heavy (non-hydrogen) atoms. The molecule has 3 unspecified atom stereocenters. The molecule has 0 aliphatic carbocycles. The van der Waals surface area contributed by atoms with E-state index >= 15 is 0 Å². The summed E-state index contributed by atoms with van der Waals surface area (Å²) in [5.74, 6) is 0. The first-order chi connectivity index (χ1) is 18.9. The third-order valence-electron chi connectivity index (χ3n) is 6.48. The molecule has 3 aromatic rings. The van der Waals surface area contributed by atoms with Gasteiger partial charge in [-0.2, -0.15) is 0 Å². The molecule has 2 aliphatic rings. The van der Waals surface area contributed by atoms with Gasteiger partial charge in [-0.1, -0.05) is 36.4 Å². The second kappa shape index (κ2) is 14.9. The van der Waals surface area contributed by atoms with Crippen LogP contribution in [0.15, 0.2) is 48.5 Å². The molecule has 3 heterocycles. The number of aromatic nitrogens is 1. The van der Waals surface area contributed by atoms with E-state index in [1.54, 1.807) is 0 Å². The van der Waals surface area contributed by atoms with Gasteiger partial charge in [0.2, 0.25) is 0 Å². The van der Waals surface area contributed by atoms with Crippen molar-refractivity contribution in [3.63, 3.8) is 0 Å². The number of nitrogens with zero attached hydrogens (tertiary/aromatic N) is 1. The summed E-state index contributed by atoms with van der Waals surface area (Å²) in [5, 5.41) is 2.51. The van der Waals surface area contributed by atoms with Crippen LogP contribution in [0.4, 0.5) is 0 Å².